The molecule has 0 spiro atoms. The lowest BCUT2D eigenvalue weighted by atomic mass is 9.94. The molecule has 1 atom stereocenters. The predicted octanol–water partition coefficient (Wildman–Crippen LogP) is 4.08. The second-order valence-corrected chi connectivity index (χ2v) is 5.77. The first kappa shape index (κ1) is 11.8. The molecule has 3 heteroatoms. The van der Waals surface area contributed by atoms with E-state index in [0.29, 0.717) is 11.4 Å². The highest BCUT2D eigenvalue weighted by atomic mass is 79.9. The standard InChI is InChI=1S/C13H17BrO2/c1-4-15-9-5-6-12-10(7-9)11(14)8-13(2,3)16-12/h5-7,11H,4,8H2,1-3H3. The SMILES string of the molecule is CCOc1ccc2c(c1)C(Br)CC(C)(C)O2. The van der Waals surface area contributed by atoms with Crippen LogP contribution in [0.3, 0.4) is 0 Å². The smallest absolute Gasteiger partial charge is 0.124 e. The fourth-order valence-electron chi connectivity index (χ4n) is 2.00. The van der Waals surface area contributed by atoms with Crippen molar-refractivity contribution in [1.29, 1.82) is 0 Å². The minimum atomic E-state index is -0.103. The Kier molecular flexibility index (Phi) is 3.15. The Morgan fingerprint density at radius 3 is 2.94 bits per heavy atom. The summed E-state index contributed by atoms with van der Waals surface area (Å²) in [6, 6.07) is 6.02. The van der Waals surface area contributed by atoms with Gasteiger partial charge >= 0.3 is 0 Å². The molecule has 2 nitrogen and oxygen atoms in total. The van der Waals surface area contributed by atoms with Crippen LogP contribution in [0.2, 0.25) is 0 Å². The van der Waals surface area contributed by atoms with Crippen LogP contribution in [0.25, 0.3) is 0 Å². The first-order valence-electron chi connectivity index (χ1n) is 5.61. The molecule has 0 fully saturated rings. The molecular weight excluding hydrogens is 268 g/mol. The van der Waals surface area contributed by atoms with E-state index >= 15 is 0 Å². The predicted molar refractivity (Wildman–Crippen MR) is 68.6 cm³/mol. The molecule has 1 heterocycles. The van der Waals surface area contributed by atoms with Gasteiger partial charge < -0.3 is 9.47 Å². The zero-order chi connectivity index (χ0) is 11.8. The van der Waals surface area contributed by atoms with Crippen LogP contribution in [0.1, 0.15) is 37.6 Å². The third-order valence-corrected chi connectivity index (χ3v) is 3.50. The lowest BCUT2D eigenvalue weighted by Crippen LogP contribution is -2.33. The second-order valence-electron chi connectivity index (χ2n) is 4.67. The van der Waals surface area contributed by atoms with Crippen molar-refractivity contribution in [3.05, 3.63) is 23.8 Å². The van der Waals surface area contributed by atoms with Crippen LogP contribution in [0.5, 0.6) is 11.5 Å². The highest BCUT2D eigenvalue weighted by Crippen LogP contribution is 2.45. The molecule has 1 unspecified atom stereocenters. The topological polar surface area (TPSA) is 18.5 Å². The molecule has 0 saturated heterocycles. The van der Waals surface area contributed by atoms with Crippen LogP contribution in [-0.4, -0.2) is 12.2 Å². The summed E-state index contributed by atoms with van der Waals surface area (Å²) in [5, 5.41) is 0. The van der Waals surface area contributed by atoms with Crippen LogP contribution >= 0.6 is 15.9 Å². The van der Waals surface area contributed by atoms with E-state index in [2.05, 4.69) is 35.8 Å². The van der Waals surface area contributed by atoms with Crippen molar-refractivity contribution >= 4 is 15.9 Å². The fourth-order valence-corrected chi connectivity index (χ4v) is 3.14. The second kappa shape index (κ2) is 4.28. The molecule has 88 valence electrons. The summed E-state index contributed by atoms with van der Waals surface area (Å²) in [5.41, 5.74) is 1.08. The van der Waals surface area contributed by atoms with Gasteiger partial charge in [-0.15, -0.1) is 0 Å². The lowest BCUT2D eigenvalue weighted by molar-refractivity contribution is 0.0840. The summed E-state index contributed by atoms with van der Waals surface area (Å²) >= 11 is 3.71. The van der Waals surface area contributed by atoms with Gasteiger partial charge in [-0.25, -0.2) is 0 Å². The van der Waals surface area contributed by atoms with Crippen LogP contribution in [-0.2, 0) is 0 Å². The van der Waals surface area contributed by atoms with Crippen LogP contribution in [0, 0.1) is 0 Å². The van der Waals surface area contributed by atoms with Crippen molar-refractivity contribution in [2.45, 2.75) is 37.6 Å². The lowest BCUT2D eigenvalue weighted by Gasteiger charge is -2.35. The average Bonchev–Trinajstić information content (AvgIpc) is 2.18. The van der Waals surface area contributed by atoms with E-state index in [-0.39, 0.29) is 5.60 Å². The Morgan fingerprint density at radius 2 is 2.25 bits per heavy atom. The van der Waals surface area contributed by atoms with Crippen molar-refractivity contribution in [1.82, 2.24) is 0 Å². The van der Waals surface area contributed by atoms with E-state index in [1.807, 2.05) is 19.1 Å². The Morgan fingerprint density at radius 1 is 1.50 bits per heavy atom. The number of alkyl halides is 1. The number of hydrogen-bond donors (Lipinski definition) is 0. The van der Waals surface area contributed by atoms with Crippen LogP contribution in [0.4, 0.5) is 0 Å². The largest absolute Gasteiger partial charge is 0.494 e. The molecular formula is C13H17BrO2. The summed E-state index contributed by atoms with van der Waals surface area (Å²) in [4.78, 5) is 0.339. The Labute approximate surface area is 105 Å². The van der Waals surface area contributed by atoms with Gasteiger partial charge in [0.1, 0.15) is 17.1 Å². The van der Waals surface area contributed by atoms with Crippen molar-refractivity contribution < 1.29 is 9.47 Å². The molecule has 0 aromatic heterocycles. The van der Waals surface area contributed by atoms with Crippen molar-refractivity contribution in [2.24, 2.45) is 0 Å². The fraction of sp³-hybridized carbons (Fsp3) is 0.538. The average molecular weight is 285 g/mol. The summed E-state index contributed by atoms with van der Waals surface area (Å²) in [6.07, 6.45) is 0.968. The molecule has 0 saturated carbocycles. The normalized spacial score (nSPS) is 22.1. The Balaban J connectivity index is 2.33. The molecule has 16 heavy (non-hydrogen) atoms. The molecule has 0 bridgehead atoms. The van der Waals surface area contributed by atoms with E-state index in [4.69, 9.17) is 9.47 Å². The maximum absolute atomic E-state index is 5.94. The van der Waals surface area contributed by atoms with Gasteiger partial charge in [-0.2, -0.15) is 0 Å². The Bertz CT molecular complexity index is 388. The minimum absolute atomic E-state index is 0.103. The van der Waals surface area contributed by atoms with Crippen molar-refractivity contribution in [3.8, 4) is 11.5 Å². The third kappa shape index (κ3) is 2.34. The Hall–Kier alpha value is -0.700. The quantitative estimate of drug-likeness (QED) is 0.762. The van der Waals surface area contributed by atoms with Crippen molar-refractivity contribution in [3.63, 3.8) is 0 Å². The number of ether oxygens (including phenoxy) is 2. The zero-order valence-corrected chi connectivity index (χ0v) is 11.5. The van der Waals surface area contributed by atoms with Gasteiger partial charge in [-0.1, -0.05) is 15.9 Å². The molecule has 1 aliphatic heterocycles. The van der Waals surface area contributed by atoms with E-state index in [9.17, 15) is 0 Å². The summed E-state index contributed by atoms with van der Waals surface area (Å²) in [5.74, 6) is 1.87. The van der Waals surface area contributed by atoms with Gasteiger partial charge in [0.05, 0.1) is 6.61 Å². The molecule has 0 radical (unpaired) electrons. The molecule has 1 aliphatic rings. The number of fused-ring (bicyclic) bond motifs is 1. The van der Waals surface area contributed by atoms with Gasteiger partial charge in [0.2, 0.25) is 0 Å². The molecule has 0 amide bonds. The van der Waals surface area contributed by atoms with Gasteiger partial charge in [-0.05, 0) is 39.0 Å². The van der Waals surface area contributed by atoms with Crippen molar-refractivity contribution in [2.75, 3.05) is 6.61 Å². The van der Waals surface area contributed by atoms with Crippen LogP contribution < -0.4 is 9.47 Å². The molecule has 2 rings (SSSR count). The maximum Gasteiger partial charge on any atom is 0.124 e. The van der Waals surface area contributed by atoms with E-state index < -0.39 is 0 Å². The number of halogens is 1. The van der Waals surface area contributed by atoms with Gasteiger partial charge in [-0.3, -0.25) is 0 Å². The zero-order valence-electron chi connectivity index (χ0n) is 9.92. The number of benzene rings is 1. The summed E-state index contributed by atoms with van der Waals surface area (Å²) in [7, 11) is 0. The maximum atomic E-state index is 5.94. The first-order chi connectivity index (χ1) is 7.52. The minimum Gasteiger partial charge on any atom is -0.494 e. The van der Waals surface area contributed by atoms with E-state index in [1.165, 1.54) is 5.56 Å². The van der Waals surface area contributed by atoms with Gasteiger partial charge in [0, 0.05) is 16.8 Å². The summed E-state index contributed by atoms with van der Waals surface area (Å²) in [6.45, 7) is 6.91. The first-order valence-corrected chi connectivity index (χ1v) is 6.53. The van der Waals surface area contributed by atoms with E-state index in [0.717, 1.165) is 17.9 Å². The molecule has 0 N–H and O–H groups in total. The van der Waals surface area contributed by atoms with Crippen LogP contribution in [0.15, 0.2) is 18.2 Å². The summed E-state index contributed by atoms with van der Waals surface area (Å²) < 4.78 is 11.4. The molecule has 1 aromatic rings. The number of rotatable bonds is 2. The van der Waals surface area contributed by atoms with E-state index in [1.54, 1.807) is 0 Å². The van der Waals surface area contributed by atoms with Gasteiger partial charge in [0.15, 0.2) is 0 Å². The molecule has 1 aromatic carbocycles. The third-order valence-electron chi connectivity index (χ3n) is 2.69. The highest BCUT2D eigenvalue weighted by molar-refractivity contribution is 9.09. The highest BCUT2D eigenvalue weighted by Gasteiger charge is 2.32. The van der Waals surface area contributed by atoms with Gasteiger partial charge in [0.25, 0.3) is 0 Å². The number of hydrogen-bond acceptors (Lipinski definition) is 2. The molecule has 0 aliphatic carbocycles. The monoisotopic (exact) mass is 284 g/mol.